The summed E-state index contributed by atoms with van der Waals surface area (Å²) in [6.07, 6.45) is 5.63. The molecule has 1 aromatic heterocycles. The first-order valence-corrected chi connectivity index (χ1v) is 16.9. The predicted molar refractivity (Wildman–Crippen MR) is 165 cm³/mol. The van der Waals surface area contributed by atoms with E-state index in [4.69, 9.17) is 26.1 Å². The minimum Gasteiger partial charge on any atom is -0.464 e. The number of halogens is 1. The molecule has 2 aliphatic heterocycles. The van der Waals surface area contributed by atoms with Gasteiger partial charge in [-0.05, 0) is 62.7 Å². The summed E-state index contributed by atoms with van der Waals surface area (Å²) >= 11 is 7.54. The molecule has 3 heterocycles. The van der Waals surface area contributed by atoms with Gasteiger partial charge in [-0.15, -0.1) is 0 Å². The second-order valence-electron chi connectivity index (χ2n) is 10.2. The molecule has 4 rings (SSSR count). The number of ether oxygens (including phenoxy) is 2. The van der Waals surface area contributed by atoms with Gasteiger partial charge < -0.3 is 19.7 Å². The van der Waals surface area contributed by atoms with Crippen LogP contribution in [-0.4, -0.2) is 95.6 Å². The third kappa shape index (κ3) is 9.15. The van der Waals surface area contributed by atoms with Gasteiger partial charge in [-0.3, -0.25) is 9.11 Å². The highest BCUT2D eigenvalue weighted by atomic mass is 35.5. The van der Waals surface area contributed by atoms with Gasteiger partial charge in [-0.25, -0.2) is 14.8 Å². The van der Waals surface area contributed by atoms with E-state index < -0.39 is 10.8 Å². The fourth-order valence-electron chi connectivity index (χ4n) is 4.93. The number of nitrogens with one attached hydrogen (secondary N) is 1. The maximum Gasteiger partial charge on any atom is 0.409 e. The number of carbonyl (C=O) groups is 1. The number of amides is 1. The molecule has 224 valence electrons. The number of hydrogen-bond donors (Lipinski definition) is 1. The number of carbonyl (C=O) groups excluding carboxylic acids is 1. The van der Waals surface area contributed by atoms with Crippen LogP contribution in [0.5, 0.6) is 0 Å². The number of aliphatic imine (C=N–C) groups is 1. The number of likely N-dealkylation sites (tertiary alicyclic amines) is 1. The van der Waals surface area contributed by atoms with Crippen molar-refractivity contribution in [3.63, 3.8) is 0 Å². The van der Waals surface area contributed by atoms with Crippen molar-refractivity contribution in [2.75, 3.05) is 59.2 Å². The van der Waals surface area contributed by atoms with E-state index in [0.29, 0.717) is 24.7 Å². The van der Waals surface area contributed by atoms with Crippen molar-refractivity contribution in [1.82, 2.24) is 20.1 Å². The SMILES string of the molecule is CCCN(CCNC)CCOC(=O)N1CCC(C2=NC(c3ccc(S(C)=O)cc3)C(Sc3ccc(Cl)cn3)O2)CC1. The Kier molecular flexibility index (Phi) is 12.3. The van der Waals surface area contributed by atoms with Crippen LogP contribution in [0.4, 0.5) is 4.79 Å². The average Bonchev–Trinajstić information content (AvgIpc) is 3.40. The van der Waals surface area contributed by atoms with E-state index in [1.54, 1.807) is 17.4 Å². The molecule has 0 spiro atoms. The Hall–Kier alpha value is -2.18. The smallest absolute Gasteiger partial charge is 0.409 e. The molecule has 0 radical (unpaired) electrons. The van der Waals surface area contributed by atoms with E-state index in [1.807, 2.05) is 43.4 Å². The van der Waals surface area contributed by atoms with Gasteiger partial charge in [0.2, 0.25) is 0 Å². The molecule has 1 amide bonds. The number of pyridine rings is 1. The molecular formula is C29H40ClN5O4S2. The van der Waals surface area contributed by atoms with Gasteiger partial charge in [0, 0.05) is 66.8 Å². The van der Waals surface area contributed by atoms with E-state index in [-0.39, 0.29) is 23.5 Å². The van der Waals surface area contributed by atoms with Crippen molar-refractivity contribution >= 4 is 46.2 Å². The summed E-state index contributed by atoms with van der Waals surface area (Å²) in [4.78, 5) is 27.1. The molecule has 1 aromatic carbocycles. The highest BCUT2D eigenvalue weighted by Crippen LogP contribution is 2.41. The van der Waals surface area contributed by atoms with E-state index in [1.165, 1.54) is 11.8 Å². The monoisotopic (exact) mass is 621 g/mol. The molecule has 3 atom stereocenters. The molecule has 3 unspecified atom stereocenters. The minimum absolute atomic E-state index is 0.120. The van der Waals surface area contributed by atoms with Gasteiger partial charge in [-0.1, -0.05) is 42.4 Å². The molecule has 2 aromatic rings. The number of likely N-dealkylation sites (N-methyl/N-ethyl adjacent to an activating group) is 1. The summed E-state index contributed by atoms with van der Waals surface area (Å²) in [5, 5.41) is 4.55. The summed E-state index contributed by atoms with van der Waals surface area (Å²) in [6.45, 7) is 7.32. The summed E-state index contributed by atoms with van der Waals surface area (Å²) in [5.74, 6) is 0.840. The number of rotatable bonds is 13. The van der Waals surface area contributed by atoms with Crippen molar-refractivity contribution in [2.24, 2.45) is 10.9 Å². The lowest BCUT2D eigenvalue weighted by Crippen LogP contribution is -2.42. The standard InChI is InChI=1S/C29H40ClN5O4S2/c1-4-14-34(17-13-31-2)18-19-38-29(36)35-15-11-22(12-16-35)27-33-26(21-5-8-24(9-6-21)41(3)37)28(39-27)40-25-10-7-23(30)20-32-25/h5-10,20,22,26,28,31H,4,11-19H2,1-3H3. The highest BCUT2D eigenvalue weighted by molar-refractivity contribution is 7.99. The zero-order valence-corrected chi connectivity index (χ0v) is 26.3. The summed E-state index contributed by atoms with van der Waals surface area (Å²) < 4.78 is 24.0. The molecule has 0 aliphatic carbocycles. The predicted octanol–water partition coefficient (Wildman–Crippen LogP) is 4.84. The Morgan fingerprint density at radius 1 is 1.20 bits per heavy atom. The Morgan fingerprint density at radius 3 is 2.59 bits per heavy atom. The largest absolute Gasteiger partial charge is 0.464 e. The lowest BCUT2D eigenvalue weighted by atomic mass is 9.97. The molecule has 1 saturated heterocycles. The first-order chi connectivity index (χ1) is 19.9. The van der Waals surface area contributed by atoms with E-state index in [2.05, 4.69) is 22.1 Å². The van der Waals surface area contributed by atoms with Crippen LogP contribution in [0.3, 0.4) is 0 Å². The first-order valence-electron chi connectivity index (χ1n) is 14.1. The van der Waals surface area contributed by atoms with Crippen molar-refractivity contribution in [3.8, 4) is 0 Å². The van der Waals surface area contributed by atoms with Crippen molar-refractivity contribution < 1.29 is 18.5 Å². The maximum atomic E-state index is 12.7. The Labute approximate surface area is 254 Å². The van der Waals surface area contributed by atoms with Crippen LogP contribution in [0.15, 0.2) is 57.5 Å². The van der Waals surface area contributed by atoms with E-state index in [9.17, 15) is 9.00 Å². The Bertz CT molecular complexity index is 1180. The van der Waals surface area contributed by atoms with Crippen LogP contribution in [0, 0.1) is 5.92 Å². The van der Waals surface area contributed by atoms with Crippen LogP contribution >= 0.6 is 23.4 Å². The number of hydrogen-bond acceptors (Lipinski definition) is 9. The second-order valence-corrected chi connectivity index (χ2v) is 13.1. The lowest BCUT2D eigenvalue weighted by molar-refractivity contribution is 0.0804. The zero-order valence-electron chi connectivity index (χ0n) is 24.0. The Balaban J connectivity index is 1.35. The van der Waals surface area contributed by atoms with Gasteiger partial charge in [0.15, 0.2) is 11.3 Å². The molecule has 1 N–H and O–H groups in total. The molecule has 9 nitrogen and oxygen atoms in total. The van der Waals surface area contributed by atoms with Crippen molar-refractivity contribution in [2.45, 2.75) is 47.6 Å². The molecule has 41 heavy (non-hydrogen) atoms. The van der Waals surface area contributed by atoms with Gasteiger partial charge >= 0.3 is 6.09 Å². The van der Waals surface area contributed by atoms with Crippen LogP contribution in [-0.2, 0) is 20.3 Å². The van der Waals surface area contributed by atoms with Gasteiger partial charge in [-0.2, -0.15) is 0 Å². The van der Waals surface area contributed by atoms with E-state index >= 15 is 0 Å². The van der Waals surface area contributed by atoms with Crippen LogP contribution in [0.2, 0.25) is 5.02 Å². The molecule has 0 saturated carbocycles. The average molecular weight is 622 g/mol. The fourth-order valence-corrected chi connectivity index (χ4v) is 6.55. The van der Waals surface area contributed by atoms with Crippen LogP contribution < -0.4 is 5.32 Å². The zero-order chi connectivity index (χ0) is 29.2. The quantitative estimate of drug-likeness (QED) is 0.339. The van der Waals surface area contributed by atoms with Crippen LogP contribution in [0.25, 0.3) is 0 Å². The third-order valence-electron chi connectivity index (χ3n) is 7.21. The Morgan fingerprint density at radius 2 is 1.95 bits per heavy atom. The minimum atomic E-state index is -1.05. The van der Waals surface area contributed by atoms with Gasteiger partial charge in [0.1, 0.15) is 12.6 Å². The number of aromatic nitrogens is 1. The van der Waals surface area contributed by atoms with Crippen molar-refractivity contribution in [1.29, 1.82) is 0 Å². The van der Waals surface area contributed by atoms with E-state index in [0.717, 1.165) is 66.8 Å². The first kappa shape index (κ1) is 31.7. The maximum absolute atomic E-state index is 12.7. The number of thioether (sulfide) groups is 1. The topological polar surface area (TPSA) is 96.4 Å². The normalized spacial score (nSPS) is 20.1. The summed E-state index contributed by atoms with van der Waals surface area (Å²) in [7, 11) is 0.895. The fraction of sp³-hybridized carbons (Fsp3) is 0.552. The molecule has 12 heteroatoms. The highest BCUT2D eigenvalue weighted by Gasteiger charge is 2.38. The summed E-state index contributed by atoms with van der Waals surface area (Å²) in [5.41, 5.74) is 0.696. The number of benzene rings is 1. The lowest BCUT2D eigenvalue weighted by Gasteiger charge is -2.31. The second kappa shape index (κ2) is 15.9. The van der Waals surface area contributed by atoms with Crippen LogP contribution in [0.1, 0.15) is 37.8 Å². The summed E-state index contributed by atoms with van der Waals surface area (Å²) in [6, 6.07) is 11.2. The van der Waals surface area contributed by atoms with Gasteiger partial charge in [0.05, 0.1) is 10.0 Å². The molecular weight excluding hydrogens is 582 g/mol. The number of piperidine rings is 1. The van der Waals surface area contributed by atoms with Crippen molar-refractivity contribution in [3.05, 3.63) is 53.2 Å². The number of nitrogens with zero attached hydrogens (tertiary/aromatic N) is 4. The van der Waals surface area contributed by atoms with Gasteiger partial charge in [0.25, 0.3) is 0 Å². The molecule has 1 fully saturated rings. The third-order valence-corrected chi connectivity index (χ3v) is 9.43. The molecule has 0 bridgehead atoms. The molecule has 2 aliphatic rings.